The summed E-state index contributed by atoms with van der Waals surface area (Å²) in [5, 5.41) is 2.99. The lowest BCUT2D eigenvalue weighted by atomic mass is 9.69. The highest BCUT2D eigenvalue weighted by Crippen LogP contribution is 2.70. The molecule has 2 saturated carbocycles. The van der Waals surface area contributed by atoms with Crippen LogP contribution in [0.15, 0.2) is 24.3 Å². The van der Waals surface area contributed by atoms with Crippen molar-refractivity contribution in [3.63, 3.8) is 0 Å². The van der Waals surface area contributed by atoms with E-state index in [-0.39, 0.29) is 28.4 Å². The van der Waals surface area contributed by atoms with E-state index in [1.807, 2.05) is 0 Å². The lowest BCUT2D eigenvalue weighted by molar-refractivity contribution is -0.128. The summed E-state index contributed by atoms with van der Waals surface area (Å²) in [6.07, 6.45) is 2.67. The van der Waals surface area contributed by atoms with Crippen LogP contribution in [0.5, 0.6) is 0 Å². The van der Waals surface area contributed by atoms with E-state index in [2.05, 4.69) is 19.2 Å². The lowest BCUT2D eigenvalue weighted by Crippen LogP contribution is -2.46. The first kappa shape index (κ1) is 16.7. The molecule has 0 aromatic heterocycles. The third-order valence-electron chi connectivity index (χ3n) is 7.72. The van der Waals surface area contributed by atoms with Crippen molar-refractivity contribution >= 4 is 15.9 Å². The number of hydrogen-bond donors (Lipinski definition) is 1. The fourth-order valence-electron chi connectivity index (χ4n) is 6.06. The van der Waals surface area contributed by atoms with Gasteiger partial charge in [-0.3, -0.25) is 10.1 Å². The second kappa shape index (κ2) is 4.87. The van der Waals surface area contributed by atoms with Gasteiger partial charge in [-0.05, 0) is 36.7 Å². The van der Waals surface area contributed by atoms with Crippen molar-refractivity contribution in [2.45, 2.75) is 51.2 Å². The van der Waals surface area contributed by atoms with E-state index in [9.17, 15) is 17.6 Å². The predicted molar refractivity (Wildman–Crippen MR) is 94.0 cm³/mol. The molecule has 2 heterocycles. The maximum absolute atomic E-state index is 14.0. The van der Waals surface area contributed by atoms with Gasteiger partial charge in [-0.2, -0.15) is 0 Å². The number of carbonyl (C=O) groups is 1. The molecule has 140 valence electrons. The molecule has 5 atom stereocenters. The summed E-state index contributed by atoms with van der Waals surface area (Å²) < 4.78 is 41.0. The van der Waals surface area contributed by atoms with Gasteiger partial charge in [0, 0.05) is 11.0 Å². The van der Waals surface area contributed by atoms with Gasteiger partial charge < -0.3 is 0 Å². The second-order valence-electron chi connectivity index (χ2n) is 8.90. The van der Waals surface area contributed by atoms with E-state index < -0.39 is 28.0 Å². The molecule has 4 aliphatic rings. The average molecular weight is 378 g/mol. The highest BCUT2D eigenvalue weighted by atomic mass is 32.2. The minimum absolute atomic E-state index is 0.0665. The van der Waals surface area contributed by atoms with E-state index in [0.29, 0.717) is 11.5 Å². The number of sulfonamides is 1. The molecule has 2 aliphatic heterocycles. The second-order valence-corrected chi connectivity index (χ2v) is 10.7. The Bertz CT molecular complexity index is 915. The summed E-state index contributed by atoms with van der Waals surface area (Å²) in [6.45, 7) is 4.32. The Balaban J connectivity index is 1.46. The third kappa shape index (κ3) is 1.88. The van der Waals surface area contributed by atoms with E-state index >= 15 is 0 Å². The Morgan fingerprint density at radius 3 is 2.73 bits per heavy atom. The van der Waals surface area contributed by atoms with Crippen molar-refractivity contribution in [1.29, 1.82) is 0 Å². The molecule has 1 N–H and O–H groups in total. The minimum Gasteiger partial charge on any atom is -0.295 e. The maximum Gasteiger partial charge on any atom is 0.255 e. The Hall–Kier alpha value is -1.47. The smallest absolute Gasteiger partial charge is 0.255 e. The van der Waals surface area contributed by atoms with Crippen LogP contribution in [-0.2, 0) is 14.8 Å². The number of nitrogens with one attached hydrogen (secondary N) is 1. The van der Waals surface area contributed by atoms with Crippen molar-refractivity contribution in [2.24, 2.45) is 16.7 Å². The van der Waals surface area contributed by atoms with Crippen LogP contribution in [0.25, 0.3) is 0 Å². The molecule has 7 heteroatoms. The molecule has 26 heavy (non-hydrogen) atoms. The van der Waals surface area contributed by atoms with Gasteiger partial charge >= 0.3 is 0 Å². The topological polar surface area (TPSA) is 76.4 Å². The van der Waals surface area contributed by atoms with Gasteiger partial charge in [-0.1, -0.05) is 32.0 Å². The van der Waals surface area contributed by atoms with Crippen LogP contribution in [0, 0.1) is 22.6 Å². The number of hydrogen-bond acceptors (Lipinski definition) is 4. The van der Waals surface area contributed by atoms with Crippen molar-refractivity contribution in [2.75, 3.05) is 5.75 Å². The average Bonchev–Trinajstić information content (AvgIpc) is 3.22. The molecule has 0 radical (unpaired) electrons. The first-order valence-electron chi connectivity index (χ1n) is 9.25. The zero-order chi connectivity index (χ0) is 18.5. The van der Waals surface area contributed by atoms with E-state index in [1.165, 1.54) is 10.4 Å². The van der Waals surface area contributed by atoms with Crippen LogP contribution in [0.1, 0.15) is 44.7 Å². The molecule has 0 unspecified atom stereocenters. The fourth-order valence-corrected chi connectivity index (χ4v) is 8.63. The van der Waals surface area contributed by atoms with Crippen LogP contribution < -0.4 is 5.32 Å². The van der Waals surface area contributed by atoms with Crippen molar-refractivity contribution in [1.82, 2.24) is 9.62 Å². The Morgan fingerprint density at radius 1 is 1.31 bits per heavy atom. The van der Waals surface area contributed by atoms with Crippen molar-refractivity contribution in [3.05, 3.63) is 35.6 Å². The molecule has 4 fully saturated rings. The first-order chi connectivity index (χ1) is 12.2. The molecule has 5 rings (SSSR count). The fraction of sp³-hybridized carbons (Fsp3) is 0.632. The van der Waals surface area contributed by atoms with Crippen molar-refractivity contribution in [3.8, 4) is 0 Å². The van der Waals surface area contributed by atoms with Gasteiger partial charge in [0.05, 0.1) is 17.8 Å². The zero-order valence-corrected chi connectivity index (χ0v) is 15.7. The highest BCUT2D eigenvalue weighted by Gasteiger charge is 2.73. The van der Waals surface area contributed by atoms with Gasteiger partial charge in [0.2, 0.25) is 10.0 Å². The summed E-state index contributed by atoms with van der Waals surface area (Å²) >= 11 is 0. The van der Waals surface area contributed by atoms with Gasteiger partial charge in [0.15, 0.2) is 0 Å². The molecular weight excluding hydrogens is 355 g/mol. The third-order valence-corrected chi connectivity index (χ3v) is 9.63. The first-order valence-corrected chi connectivity index (χ1v) is 10.9. The Morgan fingerprint density at radius 2 is 2.04 bits per heavy atom. The van der Waals surface area contributed by atoms with Crippen LogP contribution in [0.4, 0.5) is 4.39 Å². The molecule has 1 spiro atoms. The molecule has 1 aromatic rings. The van der Waals surface area contributed by atoms with Crippen molar-refractivity contribution < 1.29 is 17.6 Å². The summed E-state index contributed by atoms with van der Waals surface area (Å²) in [4.78, 5) is 13.1. The molecule has 1 aromatic carbocycles. The number of carbonyl (C=O) groups excluding carboxylic acids is 1. The Kier molecular flexibility index (Phi) is 3.12. The minimum atomic E-state index is -3.63. The molecule has 5 nitrogen and oxygen atoms in total. The number of rotatable bonds is 2. The highest BCUT2D eigenvalue weighted by molar-refractivity contribution is 7.90. The Labute approximate surface area is 153 Å². The van der Waals surface area contributed by atoms with E-state index in [1.54, 1.807) is 18.2 Å². The standard InChI is InChI=1S/C19H23FN2O3S/c1-18(2)11-7-8-19(18)10-26(24,25)22(14(19)9-11)17(23)16-15(21-16)12-5-3-4-6-13(12)20/h3-6,11,14-16,21H,7-10H2,1-2H3/t11-,14-,15-,16-,19-/m0/s1. The molecule has 2 aliphatic carbocycles. The van der Waals surface area contributed by atoms with Crippen LogP contribution in [0.2, 0.25) is 0 Å². The lowest BCUT2D eigenvalue weighted by Gasteiger charge is -2.37. The van der Waals surface area contributed by atoms with Gasteiger partial charge in [0.1, 0.15) is 11.9 Å². The molecule has 2 bridgehead atoms. The van der Waals surface area contributed by atoms with Crippen LogP contribution >= 0.6 is 0 Å². The maximum atomic E-state index is 14.0. The zero-order valence-electron chi connectivity index (χ0n) is 14.9. The van der Waals surface area contributed by atoms with Crippen LogP contribution in [-0.4, -0.2) is 36.5 Å². The molecule has 2 saturated heterocycles. The monoisotopic (exact) mass is 378 g/mol. The van der Waals surface area contributed by atoms with Crippen LogP contribution in [0.3, 0.4) is 0 Å². The number of nitrogens with zero attached hydrogens (tertiary/aromatic N) is 1. The number of halogens is 1. The van der Waals surface area contributed by atoms with Gasteiger partial charge in [0.25, 0.3) is 5.91 Å². The normalized spacial score (nSPS) is 41.3. The largest absolute Gasteiger partial charge is 0.295 e. The molecular formula is C19H23FN2O3S. The number of fused-ring (bicyclic) bond motifs is 1. The van der Waals surface area contributed by atoms with Gasteiger partial charge in [-0.25, -0.2) is 17.1 Å². The number of amides is 1. The predicted octanol–water partition coefficient (Wildman–Crippen LogP) is 2.21. The summed E-state index contributed by atoms with van der Waals surface area (Å²) in [6, 6.07) is 4.99. The van der Waals surface area contributed by atoms with E-state index in [4.69, 9.17) is 0 Å². The SMILES string of the molecule is CC1(C)[C@H]2CC[C@@]13CS(=O)(=O)N(C(=O)[C@H]1N[C@H]1c1ccccc1F)[C@H]3C2. The summed E-state index contributed by atoms with van der Waals surface area (Å²) in [5.74, 6) is -0.254. The number of benzene rings is 1. The quantitative estimate of drug-likeness (QED) is 0.801. The summed E-state index contributed by atoms with van der Waals surface area (Å²) in [5.41, 5.74) is 0.0291. The van der Waals surface area contributed by atoms with Gasteiger partial charge in [-0.15, -0.1) is 0 Å². The van der Waals surface area contributed by atoms with E-state index in [0.717, 1.165) is 19.3 Å². The molecule has 1 amide bonds. The summed E-state index contributed by atoms with van der Waals surface area (Å²) in [7, 11) is -3.63.